The van der Waals surface area contributed by atoms with E-state index in [4.69, 9.17) is 11.6 Å². The molecule has 0 aliphatic carbocycles. The molecule has 28 heavy (non-hydrogen) atoms. The molecule has 2 aromatic heterocycles. The summed E-state index contributed by atoms with van der Waals surface area (Å²) in [5, 5.41) is 10.6. The van der Waals surface area contributed by atoms with Crippen molar-refractivity contribution >= 4 is 51.6 Å². The molecule has 4 rings (SSSR count). The standard InChI is InChI=1S/C20H21ClN4OS2/c1-24-5-7-25(8-6-24)18-3-2-15(21)10-17(18)23-19(26)11-16-13-28-20(22-16)14-4-9-27-12-14/h2-4,9-10,12-13H,5-8,11H2,1H3,(H,23,26). The molecule has 0 unspecified atom stereocenters. The molecule has 1 amide bonds. The zero-order valence-corrected chi connectivity index (χ0v) is 17.9. The number of piperazine rings is 1. The van der Waals surface area contributed by atoms with Gasteiger partial charge in [-0.3, -0.25) is 4.79 Å². The molecular formula is C20H21ClN4OS2. The Bertz CT molecular complexity index is 949. The van der Waals surface area contributed by atoms with E-state index in [1.807, 2.05) is 35.0 Å². The second-order valence-electron chi connectivity index (χ2n) is 6.83. The predicted octanol–water partition coefficient (Wildman–Crippen LogP) is 4.46. The number of hydrogen-bond acceptors (Lipinski definition) is 6. The van der Waals surface area contributed by atoms with Gasteiger partial charge in [-0.15, -0.1) is 11.3 Å². The predicted molar refractivity (Wildman–Crippen MR) is 119 cm³/mol. The highest BCUT2D eigenvalue weighted by molar-refractivity contribution is 7.14. The molecule has 1 fully saturated rings. The van der Waals surface area contributed by atoms with E-state index in [2.05, 4.69) is 32.5 Å². The van der Waals surface area contributed by atoms with Crippen LogP contribution in [0.4, 0.5) is 11.4 Å². The minimum absolute atomic E-state index is 0.0835. The molecule has 0 spiro atoms. The van der Waals surface area contributed by atoms with Crippen LogP contribution in [0.3, 0.4) is 0 Å². The van der Waals surface area contributed by atoms with E-state index in [9.17, 15) is 4.79 Å². The minimum Gasteiger partial charge on any atom is -0.367 e. The smallest absolute Gasteiger partial charge is 0.230 e. The van der Waals surface area contributed by atoms with Gasteiger partial charge in [-0.05, 0) is 36.7 Å². The van der Waals surface area contributed by atoms with Gasteiger partial charge in [0.15, 0.2) is 0 Å². The second-order valence-corrected chi connectivity index (χ2v) is 8.91. The number of thiazole rings is 1. The Balaban J connectivity index is 1.46. The molecule has 146 valence electrons. The fraction of sp³-hybridized carbons (Fsp3) is 0.300. The lowest BCUT2D eigenvalue weighted by molar-refractivity contribution is -0.115. The van der Waals surface area contributed by atoms with Crippen molar-refractivity contribution in [1.29, 1.82) is 0 Å². The van der Waals surface area contributed by atoms with E-state index in [0.717, 1.165) is 53.8 Å². The molecule has 1 N–H and O–H groups in total. The Morgan fingerprint density at radius 1 is 1.21 bits per heavy atom. The lowest BCUT2D eigenvalue weighted by Gasteiger charge is -2.35. The minimum atomic E-state index is -0.0835. The molecule has 3 heterocycles. The Morgan fingerprint density at radius 2 is 2.04 bits per heavy atom. The van der Waals surface area contributed by atoms with Gasteiger partial charge in [-0.1, -0.05) is 11.6 Å². The van der Waals surface area contributed by atoms with Crippen molar-refractivity contribution in [1.82, 2.24) is 9.88 Å². The summed E-state index contributed by atoms with van der Waals surface area (Å²) in [6.45, 7) is 3.86. The number of amides is 1. The topological polar surface area (TPSA) is 48.5 Å². The molecule has 1 aliphatic heterocycles. The van der Waals surface area contributed by atoms with E-state index in [0.29, 0.717) is 5.02 Å². The Labute approximate surface area is 177 Å². The number of carbonyl (C=O) groups is 1. The molecule has 1 saturated heterocycles. The molecule has 0 saturated carbocycles. The van der Waals surface area contributed by atoms with E-state index in [1.165, 1.54) is 0 Å². The lowest BCUT2D eigenvalue weighted by Crippen LogP contribution is -2.44. The lowest BCUT2D eigenvalue weighted by atomic mass is 10.2. The number of thiophene rings is 1. The van der Waals surface area contributed by atoms with Crippen molar-refractivity contribution in [2.24, 2.45) is 0 Å². The van der Waals surface area contributed by atoms with Crippen LogP contribution in [-0.4, -0.2) is 49.0 Å². The molecular weight excluding hydrogens is 412 g/mol. The first kappa shape index (κ1) is 19.4. The van der Waals surface area contributed by atoms with Crippen molar-refractivity contribution < 1.29 is 4.79 Å². The summed E-state index contributed by atoms with van der Waals surface area (Å²) in [6.07, 6.45) is 0.245. The molecule has 1 aliphatic rings. The van der Waals surface area contributed by atoms with Crippen LogP contribution >= 0.6 is 34.3 Å². The molecule has 0 bridgehead atoms. The van der Waals surface area contributed by atoms with Crippen LogP contribution in [0.15, 0.2) is 40.4 Å². The maximum absolute atomic E-state index is 12.7. The highest BCUT2D eigenvalue weighted by atomic mass is 35.5. The first-order valence-electron chi connectivity index (χ1n) is 9.08. The average Bonchev–Trinajstić information content (AvgIpc) is 3.34. The van der Waals surface area contributed by atoms with Crippen LogP contribution in [0.1, 0.15) is 5.69 Å². The molecule has 8 heteroatoms. The van der Waals surface area contributed by atoms with Crippen molar-refractivity contribution in [2.75, 3.05) is 43.4 Å². The summed E-state index contributed by atoms with van der Waals surface area (Å²) in [7, 11) is 2.13. The molecule has 0 atom stereocenters. The van der Waals surface area contributed by atoms with Gasteiger partial charge >= 0.3 is 0 Å². The summed E-state index contributed by atoms with van der Waals surface area (Å²) >= 11 is 9.40. The van der Waals surface area contributed by atoms with Gasteiger partial charge in [0.25, 0.3) is 0 Å². The van der Waals surface area contributed by atoms with E-state index < -0.39 is 0 Å². The highest BCUT2D eigenvalue weighted by Crippen LogP contribution is 2.30. The third-order valence-corrected chi connectivity index (χ3v) is 6.60. The van der Waals surface area contributed by atoms with Gasteiger partial charge in [0.05, 0.1) is 23.5 Å². The van der Waals surface area contributed by atoms with Gasteiger partial charge in [-0.2, -0.15) is 11.3 Å². The number of hydrogen-bond donors (Lipinski definition) is 1. The maximum Gasteiger partial charge on any atom is 0.230 e. The first-order valence-corrected chi connectivity index (χ1v) is 11.3. The van der Waals surface area contributed by atoms with Gasteiger partial charge in [0.2, 0.25) is 5.91 Å². The van der Waals surface area contributed by atoms with Crippen LogP contribution in [0, 0.1) is 0 Å². The van der Waals surface area contributed by atoms with Crippen LogP contribution in [0.5, 0.6) is 0 Å². The second kappa shape index (κ2) is 8.61. The maximum atomic E-state index is 12.7. The molecule has 3 aromatic rings. The summed E-state index contributed by atoms with van der Waals surface area (Å²) in [5.74, 6) is -0.0835. The van der Waals surface area contributed by atoms with Gasteiger partial charge < -0.3 is 15.1 Å². The first-order chi connectivity index (χ1) is 13.6. The van der Waals surface area contributed by atoms with Crippen molar-refractivity contribution in [3.63, 3.8) is 0 Å². The van der Waals surface area contributed by atoms with Gasteiger partial charge in [0, 0.05) is 47.5 Å². The number of halogens is 1. The number of benzene rings is 1. The average molecular weight is 433 g/mol. The van der Waals surface area contributed by atoms with Crippen LogP contribution < -0.4 is 10.2 Å². The number of rotatable bonds is 5. The number of nitrogens with zero attached hydrogens (tertiary/aromatic N) is 3. The molecule has 0 radical (unpaired) electrons. The summed E-state index contributed by atoms with van der Waals surface area (Å²) in [5.41, 5.74) is 3.67. The fourth-order valence-corrected chi connectivity index (χ4v) is 4.90. The SMILES string of the molecule is CN1CCN(c2ccc(Cl)cc2NC(=O)Cc2csc(-c3ccsc3)n2)CC1. The number of aromatic nitrogens is 1. The van der Waals surface area contributed by atoms with Crippen molar-refractivity contribution in [3.8, 4) is 10.6 Å². The van der Waals surface area contributed by atoms with Gasteiger partial charge in [-0.25, -0.2) is 4.98 Å². The number of carbonyl (C=O) groups excluding carboxylic acids is 1. The zero-order chi connectivity index (χ0) is 19.5. The normalized spacial score (nSPS) is 15.0. The van der Waals surface area contributed by atoms with E-state index in [1.54, 1.807) is 22.7 Å². The van der Waals surface area contributed by atoms with Crippen LogP contribution in [0.2, 0.25) is 5.02 Å². The van der Waals surface area contributed by atoms with Crippen LogP contribution in [-0.2, 0) is 11.2 Å². The zero-order valence-electron chi connectivity index (χ0n) is 15.5. The summed E-state index contributed by atoms with van der Waals surface area (Å²) < 4.78 is 0. The Morgan fingerprint density at radius 3 is 2.79 bits per heavy atom. The monoisotopic (exact) mass is 432 g/mol. The molecule has 5 nitrogen and oxygen atoms in total. The third kappa shape index (κ3) is 4.55. The summed E-state index contributed by atoms with van der Waals surface area (Å²) in [6, 6.07) is 7.73. The number of anilines is 2. The van der Waals surface area contributed by atoms with Gasteiger partial charge in [0.1, 0.15) is 5.01 Å². The van der Waals surface area contributed by atoms with E-state index >= 15 is 0 Å². The Hall–Kier alpha value is -1.93. The van der Waals surface area contributed by atoms with E-state index in [-0.39, 0.29) is 12.3 Å². The van der Waals surface area contributed by atoms with Crippen LogP contribution in [0.25, 0.3) is 10.6 Å². The Kier molecular flexibility index (Phi) is 5.96. The molecule has 1 aromatic carbocycles. The van der Waals surface area contributed by atoms with Crippen molar-refractivity contribution in [3.05, 3.63) is 51.1 Å². The third-order valence-electron chi connectivity index (χ3n) is 4.74. The summed E-state index contributed by atoms with van der Waals surface area (Å²) in [4.78, 5) is 21.9. The quantitative estimate of drug-likeness (QED) is 0.646. The van der Waals surface area contributed by atoms with Crippen molar-refractivity contribution in [2.45, 2.75) is 6.42 Å². The number of nitrogens with one attached hydrogen (secondary N) is 1. The fourth-order valence-electron chi connectivity index (χ4n) is 3.20. The number of likely N-dealkylation sites (N-methyl/N-ethyl adjacent to an activating group) is 1. The highest BCUT2D eigenvalue weighted by Gasteiger charge is 2.19. The largest absolute Gasteiger partial charge is 0.367 e.